The summed E-state index contributed by atoms with van der Waals surface area (Å²) in [5.74, 6) is -0.928. The summed E-state index contributed by atoms with van der Waals surface area (Å²) in [6, 6.07) is 0. The zero-order valence-corrected chi connectivity index (χ0v) is 8.45. The van der Waals surface area contributed by atoms with Gasteiger partial charge in [-0.05, 0) is 0 Å². The lowest BCUT2D eigenvalue weighted by atomic mass is 10.4. The lowest BCUT2D eigenvalue weighted by Gasteiger charge is -2.04. The lowest BCUT2D eigenvalue weighted by Crippen LogP contribution is -2.06. The van der Waals surface area contributed by atoms with Crippen molar-refractivity contribution in [3.63, 3.8) is 0 Å². The maximum Gasteiger partial charge on any atom is 0.358 e. The van der Waals surface area contributed by atoms with Crippen molar-refractivity contribution >= 4 is 17.5 Å². The van der Waals surface area contributed by atoms with Crippen LogP contribution < -0.4 is 5.32 Å². The number of hydrogen-bond donors (Lipinski definition) is 2. The fourth-order valence-corrected chi connectivity index (χ4v) is 1.21. The van der Waals surface area contributed by atoms with Gasteiger partial charge in [0.05, 0.1) is 11.9 Å². The first-order chi connectivity index (χ1) is 7.66. The molecule has 0 saturated carbocycles. The van der Waals surface area contributed by atoms with Crippen molar-refractivity contribution in [3.05, 3.63) is 30.5 Å². The Kier molecular flexibility index (Phi) is 2.50. The van der Waals surface area contributed by atoms with E-state index in [-0.39, 0.29) is 11.5 Å². The van der Waals surface area contributed by atoms with Gasteiger partial charge in [0.1, 0.15) is 0 Å². The number of anilines is 2. The number of nitrogens with zero attached hydrogens (tertiary/aromatic N) is 4. The number of nitrogens with one attached hydrogen (secondary N) is 1. The van der Waals surface area contributed by atoms with E-state index in [2.05, 4.69) is 20.4 Å². The molecule has 0 bridgehead atoms. The fraction of sp³-hybridized carbons (Fsp3) is 0.111. The Balaban J connectivity index is 2.31. The quantitative estimate of drug-likeness (QED) is 0.787. The summed E-state index contributed by atoms with van der Waals surface area (Å²) in [6.45, 7) is 0. The highest BCUT2D eigenvalue weighted by atomic mass is 16.4. The second-order valence-corrected chi connectivity index (χ2v) is 3.09. The van der Waals surface area contributed by atoms with Gasteiger partial charge >= 0.3 is 5.97 Å². The lowest BCUT2D eigenvalue weighted by molar-refractivity contribution is 0.0691. The molecule has 0 saturated heterocycles. The van der Waals surface area contributed by atoms with E-state index in [1.165, 1.54) is 12.4 Å². The van der Waals surface area contributed by atoms with Gasteiger partial charge < -0.3 is 10.4 Å². The Morgan fingerprint density at radius 1 is 1.44 bits per heavy atom. The van der Waals surface area contributed by atoms with E-state index in [0.29, 0.717) is 5.69 Å². The van der Waals surface area contributed by atoms with Gasteiger partial charge in [-0.2, -0.15) is 5.10 Å². The summed E-state index contributed by atoms with van der Waals surface area (Å²) < 4.78 is 1.60. The molecule has 0 amide bonds. The van der Waals surface area contributed by atoms with E-state index in [4.69, 9.17) is 5.11 Å². The molecule has 0 aromatic carbocycles. The number of aryl methyl sites for hydroxylation is 1. The van der Waals surface area contributed by atoms with Gasteiger partial charge in [-0.3, -0.25) is 4.68 Å². The Morgan fingerprint density at radius 2 is 2.19 bits per heavy atom. The normalized spacial score (nSPS) is 10.1. The van der Waals surface area contributed by atoms with Crippen molar-refractivity contribution in [2.45, 2.75) is 0 Å². The predicted octanol–water partition coefficient (Wildman–Crippen LogP) is 0.652. The van der Waals surface area contributed by atoms with E-state index in [0.717, 1.165) is 0 Å². The van der Waals surface area contributed by atoms with E-state index in [1.54, 1.807) is 24.1 Å². The first-order valence-electron chi connectivity index (χ1n) is 4.47. The fourth-order valence-electron chi connectivity index (χ4n) is 1.21. The molecule has 82 valence electrons. The smallest absolute Gasteiger partial charge is 0.358 e. The van der Waals surface area contributed by atoms with Crippen molar-refractivity contribution in [2.75, 3.05) is 5.32 Å². The van der Waals surface area contributed by atoms with Crippen molar-refractivity contribution in [1.29, 1.82) is 0 Å². The second-order valence-electron chi connectivity index (χ2n) is 3.09. The zero-order valence-electron chi connectivity index (χ0n) is 8.45. The minimum absolute atomic E-state index is 0.119. The summed E-state index contributed by atoms with van der Waals surface area (Å²) in [6.07, 6.45) is 6.03. The number of aromatic carboxylic acids is 1. The van der Waals surface area contributed by atoms with Crippen LogP contribution in [0.5, 0.6) is 0 Å². The van der Waals surface area contributed by atoms with E-state index >= 15 is 0 Å². The topological polar surface area (TPSA) is 92.9 Å². The number of carboxylic acids is 1. The van der Waals surface area contributed by atoms with Crippen molar-refractivity contribution in [2.24, 2.45) is 7.05 Å². The molecule has 0 atom stereocenters. The third-order valence-electron chi connectivity index (χ3n) is 1.87. The van der Waals surface area contributed by atoms with Gasteiger partial charge in [0.15, 0.2) is 11.5 Å². The van der Waals surface area contributed by atoms with Gasteiger partial charge in [-0.15, -0.1) is 0 Å². The van der Waals surface area contributed by atoms with Crippen LogP contribution in [-0.4, -0.2) is 30.8 Å². The molecule has 7 heteroatoms. The first-order valence-corrected chi connectivity index (χ1v) is 4.47. The van der Waals surface area contributed by atoms with Crippen molar-refractivity contribution in [3.8, 4) is 0 Å². The van der Waals surface area contributed by atoms with Crippen LogP contribution in [0.4, 0.5) is 11.5 Å². The zero-order chi connectivity index (χ0) is 11.5. The molecule has 0 spiro atoms. The summed E-state index contributed by atoms with van der Waals surface area (Å²) >= 11 is 0. The van der Waals surface area contributed by atoms with Crippen LogP contribution in [-0.2, 0) is 7.05 Å². The molecule has 2 rings (SSSR count). The summed E-state index contributed by atoms with van der Waals surface area (Å²) in [5, 5.41) is 15.7. The summed E-state index contributed by atoms with van der Waals surface area (Å²) in [5.41, 5.74) is 0.539. The Bertz CT molecular complexity index is 522. The second kappa shape index (κ2) is 3.97. The van der Waals surface area contributed by atoms with Crippen LogP contribution in [0.3, 0.4) is 0 Å². The molecule has 7 nitrogen and oxygen atoms in total. The van der Waals surface area contributed by atoms with E-state index in [9.17, 15) is 4.79 Å². The van der Waals surface area contributed by atoms with E-state index in [1.807, 2.05) is 0 Å². The average molecular weight is 219 g/mol. The molecule has 0 radical (unpaired) electrons. The van der Waals surface area contributed by atoms with Gasteiger partial charge in [0.25, 0.3) is 0 Å². The Labute approximate surface area is 90.8 Å². The largest absolute Gasteiger partial charge is 0.476 e. The molecule has 2 aromatic heterocycles. The summed E-state index contributed by atoms with van der Waals surface area (Å²) in [4.78, 5) is 18.5. The summed E-state index contributed by atoms with van der Waals surface area (Å²) in [7, 11) is 1.76. The van der Waals surface area contributed by atoms with Gasteiger partial charge in [-0.1, -0.05) is 0 Å². The number of rotatable bonds is 3. The molecular formula is C9H9N5O2. The Morgan fingerprint density at radius 3 is 2.81 bits per heavy atom. The molecule has 0 aliphatic rings. The SMILES string of the molecule is Cn1cc(Nc2nccnc2C(=O)O)cn1. The van der Waals surface area contributed by atoms with Crippen molar-refractivity contribution < 1.29 is 9.90 Å². The average Bonchev–Trinajstić information content (AvgIpc) is 2.64. The molecule has 0 unspecified atom stereocenters. The first kappa shape index (κ1) is 10.1. The maximum absolute atomic E-state index is 10.9. The minimum atomic E-state index is -1.13. The van der Waals surface area contributed by atoms with Crippen LogP contribution >= 0.6 is 0 Å². The molecule has 2 heterocycles. The van der Waals surface area contributed by atoms with Crippen LogP contribution in [0.15, 0.2) is 24.8 Å². The predicted molar refractivity (Wildman–Crippen MR) is 55.5 cm³/mol. The number of hydrogen-bond acceptors (Lipinski definition) is 5. The standard InChI is InChI=1S/C9H9N5O2/c1-14-5-6(4-12-14)13-8-7(9(15)16)10-2-3-11-8/h2-5H,1H3,(H,11,13)(H,15,16). The molecule has 0 aliphatic carbocycles. The Hall–Kier alpha value is -2.44. The highest BCUT2D eigenvalue weighted by molar-refractivity contribution is 5.91. The molecular weight excluding hydrogens is 210 g/mol. The number of aromatic nitrogens is 4. The third kappa shape index (κ3) is 1.97. The van der Waals surface area contributed by atoms with Crippen LogP contribution in [0.2, 0.25) is 0 Å². The monoisotopic (exact) mass is 219 g/mol. The van der Waals surface area contributed by atoms with Gasteiger partial charge in [-0.25, -0.2) is 14.8 Å². The van der Waals surface area contributed by atoms with Crippen LogP contribution in [0.25, 0.3) is 0 Å². The maximum atomic E-state index is 10.9. The third-order valence-corrected chi connectivity index (χ3v) is 1.87. The number of carbonyl (C=O) groups is 1. The van der Waals surface area contributed by atoms with Crippen LogP contribution in [0.1, 0.15) is 10.5 Å². The molecule has 2 N–H and O–H groups in total. The molecule has 16 heavy (non-hydrogen) atoms. The molecule has 0 aliphatic heterocycles. The van der Waals surface area contributed by atoms with Crippen LogP contribution in [0, 0.1) is 0 Å². The number of carboxylic acid groups (broad SMARTS) is 1. The highest BCUT2D eigenvalue weighted by Gasteiger charge is 2.12. The molecule has 2 aromatic rings. The van der Waals surface area contributed by atoms with Crippen molar-refractivity contribution in [1.82, 2.24) is 19.7 Å². The van der Waals surface area contributed by atoms with E-state index < -0.39 is 5.97 Å². The van der Waals surface area contributed by atoms with Gasteiger partial charge in [0, 0.05) is 25.6 Å². The van der Waals surface area contributed by atoms with Gasteiger partial charge in [0.2, 0.25) is 0 Å². The highest BCUT2D eigenvalue weighted by Crippen LogP contribution is 2.15. The molecule has 0 fully saturated rings. The minimum Gasteiger partial charge on any atom is -0.476 e.